The molecule has 1 aliphatic rings. The van der Waals surface area contributed by atoms with Crippen LogP contribution in [0.4, 0.5) is 10.1 Å². The number of hydrogen-bond donors (Lipinski definition) is 1. The summed E-state index contributed by atoms with van der Waals surface area (Å²) in [6.07, 6.45) is 0. The first-order valence-corrected chi connectivity index (χ1v) is 5.91. The normalized spacial score (nSPS) is 14.2. The van der Waals surface area contributed by atoms with Crippen molar-refractivity contribution in [1.29, 1.82) is 0 Å². The monoisotopic (exact) mass is 267 g/mol. The molecule has 0 saturated heterocycles. The van der Waals surface area contributed by atoms with E-state index in [0.29, 0.717) is 5.56 Å². The largest absolute Gasteiger partial charge is 0.394 e. The van der Waals surface area contributed by atoms with E-state index in [1.54, 1.807) is 6.92 Å². The van der Waals surface area contributed by atoms with E-state index in [4.69, 9.17) is 9.84 Å². The molecule has 1 N–H and O–H groups in total. The number of fused-ring (bicyclic) bond motifs is 1. The van der Waals surface area contributed by atoms with E-state index in [9.17, 15) is 14.0 Å². The van der Waals surface area contributed by atoms with E-state index in [-0.39, 0.29) is 37.6 Å². The van der Waals surface area contributed by atoms with Crippen LogP contribution in [0, 0.1) is 12.7 Å². The number of carbonyl (C=O) groups excluding carboxylic acids is 2. The first-order valence-electron chi connectivity index (χ1n) is 5.91. The predicted molar refractivity (Wildman–Crippen MR) is 65.7 cm³/mol. The van der Waals surface area contributed by atoms with Crippen molar-refractivity contribution >= 4 is 17.4 Å². The van der Waals surface area contributed by atoms with Gasteiger partial charge in [0.25, 0.3) is 11.7 Å². The van der Waals surface area contributed by atoms with Crippen LogP contribution in [0.5, 0.6) is 0 Å². The zero-order valence-corrected chi connectivity index (χ0v) is 10.5. The molecule has 0 fully saturated rings. The highest BCUT2D eigenvalue weighted by Gasteiger charge is 2.37. The van der Waals surface area contributed by atoms with Crippen LogP contribution < -0.4 is 4.90 Å². The van der Waals surface area contributed by atoms with Gasteiger partial charge in [0.05, 0.1) is 31.1 Å². The van der Waals surface area contributed by atoms with Crippen LogP contribution in [0.1, 0.15) is 15.9 Å². The van der Waals surface area contributed by atoms with Gasteiger partial charge in [0.1, 0.15) is 5.82 Å². The molecular formula is C13H14FNO4. The summed E-state index contributed by atoms with van der Waals surface area (Å²) in [7, 11) is 0. The summed E-state index contributed by atoms with van der Waals surface area (Å²) in [5.41, 5.74) is 0.716. The number of Topliss-reactive ketones (excluding diaryl/α,β-unsaturated/α-hetero) is 1. The highest BCUT2D eigenvalue weighted by atomic mass is 19.1. The van der Waals surface area contributed by atoms with E-state index >= 15 is 0 Å². The third-order valence-electron chi connectivity index (χ3n) is 2.86. The number of anilines is 1. The van der Waals surface area contributed by atoms with Gasteiger partial charge in [0.15, 0.2) is 0 Å². The number of nitrogens with zero attached hydrogens (tertiary/aromatic N) is 1. The summed E-state index contributed by atoms with van der Waals surface area (Å²) in [5.74, 6) is -2.02. The molecule has 1 aromatic rings. The van der Waals surface area contributed by atoms with Crippen molar-refractivity contribution in [1.82, 2.24) is 0 Å². The van der Waals surface area contributed by atoms with Crippen LogP contribution in [-0.4, -0.2) is 43.2 Å². The van der Waals surface area contributed by atoms with Gasteiger partial charge in [-0.1, -0.05) is 0 Å². The van der Waals surface area contributed by atoms with Crippen molar-refractivity contribution in [2.75, 3.05) is 31.3 Å². The summed E-state index contributed by atoms with van der Waals surface area (Å²) in [6, 6.07) is 2.79. The lowest BCUT2D eigenvalue weighted by molar-refractivity contribution is -0.114. The van der Waals surface area contributed by atoms with Gasteiger partial charge in [0, 0.05) is 6.54 Å². The SMILES string of the molecule is Cc1cc(F)c2c(c1)C(=O)C(=O)N2CCOCCO. The van der Waals surface area contributed by atoms with Gasteiger partial charge in [0.2, 0.25) is 0 Å². The maximum atomic E-state index is 13.9. The van der Waals surface area contributed by atoms with Crippen LogP contribution in [-0.2, 0) is 9.53 Å². The van der Waals surface area contributed by atoms with E-state index in [2.05, 4.69) is 0 Å². The number of hydrogen-bond acceptors (Lipinski definition) is 4. The number of aliphatic hydroxyl groups excluding tert-OH is 1. The smallest absolute Gasteiger partial charge is 0.299 e. The Morgan fingerprint density at radius 1 is 1.32 bits per heavy atom. The fraction of sp³-hybridized carbons (Fsp3) is 0.385. The van der Waals surface area contributed by atoms with E-state index in [1.807, 2.05) is 0 Å². The molecule has 0 aliphatic carbocycles. The van der Waals surface area contributed by atoms with Gasteiger partial charge in [-0.3, -0.25) is 14.5 Å². The highest BCUT2D eigenvalue weighted by molar-refractivity contribution is 6.52. The number of aryl methyl sites for hydroxylation is 1. The van der Waals surface area contributed by atoms with E-state index in [0.717, 1.165) is 4.90 Å². The fourth-order valence-electron chi connectivity index (χ4n) is 2.06. The maximum absolute atomic E-state index is 13.9. The molecule has 19 heavy (non-hydrogen) atoms. The summed E-state index contributed by atoms with van der Waals surface area (Å²) in [6.45, 7) is 1.88. The zero-order chi connectivity index (χ0) is 14.0. The molecule has 0 unspecified atom stereocenters. The standard InChI is InChI=1S/C13H14FNO4/c1-8-6-9-11(10(14)7-8)15(13(18)12(9)17)2-4-19-5-3-16/h6-7,16H,2-5H2,1H3. The molecule has 0 bridgehead atoms. The number of halogens is 1. The lowest BCUT2D eigenvalue weighted by Crippen LogP contribution is -2.33. The molecule has 0 saturated carbocycles. The molecule has 2 rings (SSSR count). The number of rotatable bonds is 5. The Bertz CT molecular complexity index is 530. The van der Waals surface area contributed by atoms with Crippen LogP contribution in [0.3, 0.4) is 0 Å². The van der Waals surface area contributed by atoms with Crippen LogP contribution in [0.2, 0.25) is 0 Å². The van der Waals surface area contributed by atoms with Crippen LogP contribution in [0.25, 0.3) is 0 Å². The van der Waals surface area contributed by atoms with Crippen molar-refractivity contribution in [3.8, 4) is 0 Å². The molecule has 1 amide bonds. The van der Waals surface area contributed by atoms with Gasteiger partial charge >= 0.3 is 0 Å². The van der Waals surface area contributed by atoms with E-state index < -0.39 is 17.5 Å². The molecule has 0 spiro atoms. The quantitative estimate of drug-likeness (QED) is 0.629. The van der Waals surface area contributed by atoms with Crippen molar-refractivity contribution in [3.05, 3.63) is 29.1 Å². The molecule has 6 heteroatoms. The molecule has 0 aromatic heterocycles. The van der Waals surface area contributed by atoms with Crippen molar-refractivity contribution < 1.29 is 23.8 Å². The first-order chi connectivity index (χ1) is 9.06. The third kappa shape index (κ3) is 2.50. The lowest BCUT2D eigenvalue weighted by Gasteiger charge is -2.17. The number of benzene rings is 1. The Morgan fingerprint density at radius 2 is 2.05 bits per heavy atom. The van der Waals surface area contributed by atoms with Gasteiger partial charge in [-0.25, -0.2) is 4.39 Å². The van der Waals surface area contributed by atoms with Crippen molar-refractivity contribution in [2.45, 2.75) is 6.92 Å². The highest BCUT2D eigenvalue weighted by Crippen LogP contribution is 2.32. The van der Waals surface area contributed by atoms with E-state index in [1.165, 1.54) is 12.1 Å². The minimum Gasteiger partial charge on any atom is -0.394 e. The predicted octanol–water partition coefficient (Wildman–Crippen LogP) is 0.672. The molecule has 0 radical (unpaired) electrons. The first kappa shape index (κ1) is 13.6. The molecule has 0 atom stereocenters. The summed E-state index contributed by atoms with van der Waals surface area (Å²) in [5, 5.41) is 8.57. The minimum atomic E-state index is -0.743. The zero-order valence-electron chi connectivity index (χ0n) is 10.5. The number of aliphatic hydroxyl groups is 1. The van der Waals surface area contributed by atoms with Gasteiger partial charge < -0.3 is 9.84 Å². The number of carbonyl (C=O) groups is 2. The molecule has 5 nitrogen and oxygen atoms in total. The topological polar surface area (TPSA) is 66.8 Å². The third-order valence-corrected chi connectivity index (χ3v) is 2.86. The summed E-state index contributed by atoms with van der Waals surface area (Å²) >= 11 is 0. The number of ether oxygens (including phenoxy) is 1. The Hall–Kier alpha value is -1.79. The minimum absolute atomic E-state index is 0.0215. The van der Waals surface area contributed by atoms with Crippen molar-refractivity contribution in [3.63, 3.8) is 0 Å². The Balaban J connectivity index is 2.23. The fourth-order valence-corrected chi connectivity index (χ4v) is 2.06. The average molecular weight is 267 g/mol. The average Bonchev–Trinajstić information content (AvgIpc) is 2.60. The molecule has 1 aromatic carbocycles. The second-order valence-corrected chi connectivity index (χ2v) is 4.26. The Kier molecular flexibility index (Phi) is 3.92. The van der Waals surface area contributed by atoms with Gasteiger partial charge in [-0.2, -0.15) is 0 Å². The number of ketones is 1. The van der Waals surface area contributed by atoms with Gasteiger partial charge in [-0.05, 0) is 24.6 Å². The lowest BCUT2D eigenvalue weighted by atomic mass is 10.1. The van der Waals surface area contributed by atoms with Crippen LogP contribution >= 0.6 is 0 Å². The summed E-state index contributed by atoms with van der Waals surface area (Å²) < 4.78 is 18.9. The summed E-state index contributed by atoms with van der Waals surface area (Å²) in [4.78, 5) is 24.6. The molecule has 102 valence electrons. The molecule has 1 aliphatic heterocycles. The van der Waals surface area contributed by atoms with Crippen molar-refractivity contribution in [2.24, 2.45) is 0 Å². The number of amides is 1. The second kappa shape index (κ2) is 5.46. The molecular weight excluding hydrogens is 253 g/mol. The maximum Gasteiger partial charge on any atom is 0.299 e. The molecule has 1 heterocycles. The van der Waals surface area contributed by atoms with Crippen LogP contribution in [0.15, 0.2) is 12.1 Å². The second-order valence-electron chi connectivity index (χ2n) is 4.26. The van der Waals surface area contributed by atoms with Gasteiger partial charge in [-0.15, -0.1) is 0 Å². The Labute approximate surface area is 109 Å². The Morgan fingerprint density at radius 3 is 2.74 bits per heavy atom.